The number of thiophene rings is 1. The molecule has 46 heavy (non-hydrogen) atoms. The minimum atomic E-state index is -0.218. The summed E-state index contributed by atoms with van der Waals surface area (Å²) >= 11 is 1.58. The van der Waals surface area contributed by atoms with Crippen LogP contribution < -0.4 is 9.80 Å². The zero-order chi connectivity index (χ0) is 32.1. The minimum Gasteiger partial charge on any atom is -0.444 e. The van der Waals surface area contributed by atoms with E-state index in [1.54, 1.807) is 28.4 Å². The zero-order valence-corrected chi connectivity index (χ0v) is 28.6. The number of hydrogen-bond donors (Lipinski definition) is 0. The molecule has 8 heteroatoms. The summed E-state index contributed by atoms with van der Waals surface area (Å²) in [6, 6.07) is 11.8. The number of benzene rings is 2. The number of piperazine rings is 1. The second kappa shape index (κ2) is 17.8. The first-order chi connectivity index (χ1) is 22.5. The number of rotatable bonds is 18. The minimum absolute atomic E-state index is 0.00834. The third-order valence-corrected chi connectivity index (χ3v) is 10.5. The molecule has 0 aliphatic carbocycles. The molecule has 2 aromatic carbocycles. The van der Waals surface area contributed by atoms with Crippen LogP contribution in [0.4, 0.5) is 15.8 Å². The first-order valence-electron chi connectivity index (χ1n) is 17.7. The Hall–Kier alpha value is -2.97. The summed E-state index contributed by atoms with van der Waals surface area (Å²) in [6.45, 7) is 6.75. The van der Waals surface area contributed by atoms with Crippen molar-refractivity contribution >= 4 is 44.7 Å². The maximum Gasteiger partial charge on any atom is 0.307 e. The maximum absolute atomic E-state index is 14.2. The standard InChI is InChI=1S/C38H52FN3O3S/c1-2-3-4-5-6-7-8-9-10-11-12-13-38(44)45-29-42-34-26-30(14-15-31(34)16-17-37(42)43)18-20-40-21-23-41(24-22-40)35-27-32(39)28-36-33(35)19-25-46-36/h14-15,19,25-28H,2-13,16-18,20-24,29H2,1H3. The Morgan fingerprint density at radius 1 is 0.848 bits per heavy atom. The van der Waals surface area contributed by atoms with E-state index >= 15 is 0 Å². The molecule has 3 aromatic rings. The molecule has 2 aliphatic rings. The van der Waals surface area contributed by atoms with Crippen molar-refractivity contribution in [1.82, 2.24) is 4.90 Å². The SMILES string of the molecule is CCCCCCCCCCCCCC(=O)OCN1C(=O)CCc2ccc(CCN3CCN(c4cc(F)cc5sccc45)CC3)cc21. The van der Waals surface area contributed by atoms with Crippen molar-refractivity contribution < 1.29 is 18.7 Å². The van der Waals surface area contributed by atoms with Crippen LogP contribution >= 0.6 is 11.3 Å². The van der Waals surface area contributed by atoms with Gasteiger partial charge < -0.3 is 9.64 Å². The monoisotopic (exact) mass is 649 g/mol. The van der Waals surface area contributed by atoms with Gasteiger partial charge in [0.2, 0.25) is 5.91 Å². The maximum atomic E-state index is 14.2. The number of carbonyl (C=O) groups excluding carboxylic acids is 2. The van der Waals surface area contributed by atoms with Gasteiger partial charge >= 0.3 is 5.97 Å². The van der Waals surface area contributed by atoms with E-state index in [4.69, 9.17) is 4.74 Å². The Labute approximate surface area is 278 Å². The number of halogens is 1. The summed E-state index contributed by atoms with van der Waals surface area (Å²) in [5, 5.41) is 3.16. The highest BCUT2D eigenvalue weighted by Gasteiger charge is 2.26. The largest absolute Gasteiger partial charge is 0.444 e. The lowest BCUT2D eigenvalue weighted by molar-refractivity contribution is -0.144. The van der Waals surface area contributed by atoms with Gasteiger partial charge in [0, 0.05) is 61.3 Å². The number of amides is 1. The van der Waals surface area contributed by atoms with Crippen LogP contribution in [0.25, 0.3) is 10.1 Å². The average molecular weight is 650 g/mol. The topological polar surface area (TPSA) is 53.1 Å². The summed E-state index contributed by atoms with van der Waals surface area (Å²) in [7, 11) is 0. The van der Waals surface area contributed by atoms with Crippen LogP contribution in [0.5, 0.6) is 0 Å². The normalized spacial score (nSPS) is 15.5. The van der Waals surface area contributed by atoms with Crippen molar-refractivity contribution in [2.24, 2.45) is 0 Å². The smallest absolute Gasteiger partial charge is 0.307 e. The fourth-order valence-electron chi connectivity index (χ4n) is 6.80. The van der Waals surface area contributed by atoms with Crippen molar-refractivity contribution in [3.05, 3.63) is 58.7 Å². The van der Waals surface area contributed by atoms with Crippen molar-refractivity contribution in [2.45, 2.75) is 103 Å². The number of nitrogens with zero attached hydrogens (tertiary/aromatic N) is 3. The number of anilines is 2. The first kappa shape index (κ1) is 34.4. The van der Waals surface area contributed by atoms with Gasteiger partial charge in [-0.15, -0.1) is 11.3 Å². The quantitative estimate of drug-likeness (QED) is 0.102. The van der Waals surface area contributed by atoms with Crippen LogP contribution in [-0.4, -0.2) is 56.2 Å². The zero-order valence-electron chi connectivity index (χ0n) is 27.7. The van der Waals surface area contributed by atoms with Crippen LogP contribution in [0.2, 0.25) is 0 Å². The van der Waals surface area contributed by atoms with Gasteiger partial charge in [-0.2, -0.15) is 0 Å². The molecular formula is C38H52FN3O3S. The van der Waals surface area contributed by atoms with E-state index in [9.17, 15) is 14.0 Å². The Morgan fingerprint density at radius 3 is 2.30 bits per heavy atom. The van der Waals surface area contributed by atoms with Crippen molar-refractivity contribution in [3.8, 4) is 0 Å². The highest BCUT2D eigenvalue weighted by Crippen LogP contribution is 2.33. The molecule has 0 N–H and O–H groups in total. The molecule has 3 heterocycles. The Balaban J connectivity index is 1.02. The predicted octanol–water partition coefficient (Wildman–Crippen LogP) is 8.89. The average Bonchev–Trinajstić information content (AvgIpc) is 3.54. The molecule has 6 nitrogen and oxygen atoms in total. The van der Waals surface area contributed by atoms with E-state index in [0.29, 0.717) is 12.8 Å². The lowest BCUT2D eigenvalue weighted by atomic mass is 9.98. The van der Waals surface area contributed by atoms with Gasteiger partial charge in [-0.05, 0) is 60.0 Å². The number of esters is 1. The molecule has 0 spiro atoms. The second-order valence-electron chi connectivity index (χ2n) is 13.1. The Morgan fingerprint density at radius 2 is 1.57 bits per heavy atom. The molecule has 1 amide bonds. The Bertz CT molecular complexity index is 1420. The number of carbonyl (C=O) groups is 2. The highest BCUT2D eigenvalue weighted by atomic mass is 32.1. The molecule has 0 radical (unpaired) electrons. The summed E-state index contributed by atoms with van der Waals surface area (Å²) in [4.78, 5) is 31.8. The van der Waals surface area contributed by atoms with E-state index in [-0.39, 0.29) is 24.4 Å². The molecule has 2 aliphatic heterocycles. The molecule has 1 aromatic heterocycles. The van der Waals surface area contributed by atoms with Gasteiger partial charge in [0.05, 0.1) is 5.69 Å². The summed E-state index contributed by atoms with van der Waals surface area (Å²) in [5.41, 5.74) is 4.19. The highest BCUT2D eigenvalue weighted by molar-refractivity contribution is 7.17. The van der Waals surface area contributed by atoms with E-state index in [0.717, 1.165) is 85.4 Å². The number of fused-ring (bicyclic) bond motifs is 2. The molecule has 5 rings (SSSR count). The van der Waals surface area contributed by atoms with Crippen LogP contribution in [0, 0.1) is 5.82 Å². The van der Waals surface area contributed by atoms with Gasteiger partial charge in [0.25, 0.3) is 0 Å². The Kier molecular flexibility index (Phi) is 13.3. The first-order valence-corrected chi connectivity index (χ1v) is 18.6. The van der Waals surface area contributed by atoms with Gasteiger partial charge in [-0.25, -0.2) is 4.39 Å². The third kappa shape index (κ3) is 9.77. The lowest BCUT2D eigenvalue weighted by Gasteiger charge is -2.36. The van der Waals surface area contributed by atoms with E-state index in [1.807, 2.05) is 5.38 Å². The number of unbranched alkanes of at least 4 members (excludes halogenated alkanes) is 10. The van der Waals surface area contributed by atoms with Crippen LogP contribution in [0.1, 0.15) is 102 Å². The van der Waals surface area contributed by atoms with E-state index in [1.165, 1.54) is 63.4 Å². The predicted molar refractivity (Wildman–Crippen MR) is 188 cm³/mol. The molecule has 0 saturated carbocycles. The number of aryl methyl sites for hydroxylation is 1. The lowest BCUT2D eigenvalue weighted by Crippen LogP contribution is -2.47. The number of hydrogen-bond acceptors (Lipinski definition) is 6. The van der Waals surface area contributed by atoms with Gasteiger partial charge in [-0.1, -0.05) is 83.3 Å². The van der Waals surface area contributed by atoms with Crippen LogP contribution in [0.3, 0.4) is 0 Å². The molecule has 0 bridgehead atoms. The van der Waals surface area contributed by atoms with Crippen molar-refractivity contribution in [3.63, 3.8) is 0 Å². The summed E-state index contributed by atoms with van der Waals surface area (Å²) < 4.78 is 20.8. The van der Waals surface area contributed by atoms with Gasteiger partial charge in [0.1, 0.15) is 5.82 Å². The molecular weight excluding hydrogens is 598 g/mol. The molecule has 1 fully saturated rings. The van der Waals surface area contributed by atoms with Crippen LogP contribution in [-0.2, 0) is 27.2 Å². The molecule has 250 valence electrons. The van der Waals surface area contributed by atoms with Crippen LogP contribution in [0.15, 0.2) is 41.8 Å². The van der Waals surface area contributed by atoms with Gasteiger partial charge in [0.15, 0.2) is 6.73 Å². The van der Waals surface area contributed by atoms with Crippen molar-refractivity contribution in [1.29, 1.82) is 0 Å². The number of ether oxygens (including phenoxy) is 1. The summed E-state index contributed by atoms with van der Waals surface area (Å²) in [5.74, 6) is -0.379. The second-order valence-corrected chi connectivity index (χ2v) is 14.0. The fraction of sp³-hybridized carbons (Fsp3) is 0.579. The molecule has 0 unspecified atom stereocenters. The summed E-state index contributed by atoms with van der Waals surface area (Å²) in [6.07, 6.45) is 16.1. The van der Waals surface area contributed by atoms with Crippen molar-refractivity contribution in [2.75, 3.05) is 49.3 Å². The fourth-order valence-corrected chi connectivity index (χ4v) is 7.63. The van der Waals surface area contributed by atoms with Gasteiger partial charge in [-0.3, -0.25) is 19.4 Å². The van der Waals surface area contributed by atoms with E-state index in [2.05, 4.69) is 41.0 Å². The third-order valence-electron chi connectivity index (χ3n) is 9.63. The van der Waals surface area contributed by atoms with E-state index < -0.39 is 0 Å². The molecule has 0 atom stereocenters. The molecule has 1 saturated heterocycles.